The molecule has 0 aliphatic carbocycles. The first kappa shape index (κ1) is 21.6. The van der Waals surface area contributed by atoms with E-state index in [1.807, 2.05) is 0 Å². The van der Waals surface area contributed by atoms with Gasteiger partial charge in [0.25, 0.3) is 0 Å². The van der Waals surface area contributed by atoms with Crippen molar-refractivity contribution in [1.82, 2.24) is 4.90 Å². The summed E-state index contributed by atoms with van der Waals surface area (Å²) in [6.07, 6.45) is 1.02. The van der Waals surface area contributed by atoms with Crippen molar-refractivity contribution in [3.63, 3.8) is 0 Å². The van der Waals surface area contributed by atoms with Crippen molar-refractivity contribution >= 4 is 0 Å². The molecule has 0 spiro atoms. The number of nitrogens with zero attached hydrogens (tertiary/aromatic N) is 1. The topological polar surface area (TPSA) is 3.24 Å². The summed E-state index contributed by atoms with van der Waals surface area (Å²) in [7, 11) is 0. The molecular weight excluding hydrogens is 340 g/mol. The predicted octanol–water partition coefficient (Wildman–Crippen LogP) is 6.67. The average Bonchev–Trinajstić information content (AvgIpc) is 2.60. The summed E-state index contributed by atoms with van der Waals surface area (Å²) in [6, 6.07) is 13.5. The van der Waals surface area contributed by atoms with Crippen molar-refractivity contribution in [3.8, 4) is 0 Å². The first-order valence-electron chi connectivity index (χ1n) is 9.86. The summed E-state index contributed by atoms with van der Waals surface area (Å²) in [6.45, 7) is 14.8. The Kier molecular flexibility index (Phi) is 7.16. The molecule has 0 bridgehead atoms. The van der Waals surface area contributed by atoms with Gasteiger partial charge >= 0.3 is 0 Å². The maximum Gasteiger partial charge on any atom is 0.159 e. The van der Waals surface area contributed by atoms with E-state index >= 15 is 0 Å². The van der Waals surface area contributed by atoms with E-state index in [9.17, 15) is 8.78 Å². The van der Waals surface area contributed by atoms with Crippen LogP contribution in [-0.2, 0) is 12.0 Å². The van der Waals surface area contributed by atoms with Gasteiger partial charge in [-0.3, -0.25) is 4.90 Å². The van der Waals surface area contributed by atoms with Crippen molar-refractivity contribution in [2.45, 2.75) is 71.9 Å². The average molecular weight is 374 g/mol. The standard InChI is InChI=1S/C24H33F2N/c1-17(2)27(16-19-7-12-22(25)23(26)15-19)14-13-18(3)20-8-10-21(11-9-20)24(4,5)6/h7-12,15,17-18H,13-14,16H2,1-6H3. The molecule has 1 nitrogen and oxygen atoms in total. The highest BCUT2D eigenvalue weighted by Gasteiger charge is 2.16. The molecule has 0 N–H and O–H groups in total. The molecule has 0 saturated heterocycles. The van der Waals surface area contributed by atoms with Gasteiger partial charge in [-0.15, -0.1) is 0 Å². The Labute approximate surface area is 163 Å². The molecule has 2 rings (SSSR count). The molecule has 0 radical (unpaired) electrons. The number of benzene rings is 2. The molecule has 27 heavy (non-hydrogen) atoms. The van der Waals surface area contributed by atoms with E-state index in [0.29, 0.717) is 18.5 Å². The van der Waals surface area contributed by atoms with Crippen LogP contribution in [0.25, 0.3) is 0 Å². The van der Waals surface area contributed by atoms with Crippen LogP contribution in [0.3, 0.4) is 0 Å². The van der Waals surface area contributed by atoms with Crippen LogP contribution in [0.15, 0.2) is 42.5 Å². The van der Waals surface area contributed by atoms with E-state index in [1.54, 1.807) is 6.07 Å². The lowest BCUT2D eigenvalue weighted by atomic mass is 9.85. The largest absolute Gasteiger partial charge is 0.297 e. The molecule has 2 aromatic carbocycles. The van der Waals surface area contributed by atoms with Crippen LogP contribution < -0.4 is 0 Å². The van der Waals surface area contributed by atoms with Gasteiger partial charge in [-0.05, 0) is 67.0 Å². The number of hydrogen-bond donors (Lipinski definition) is 0. The molecule has 1 unspecified atom stereocenters. The third-order valence-corrected chi connectivity index (χ3v) is 5.30. The third-order valence-electron chi connectivity index (χ3n) is 5.30. The van der Waals surface area contributed by atoms with Gasteiger partial charge in [0.2, 0.25) is 0 Å². The van der Waals surface area contributed by atoms with Crippen LogP contribution in [0.4, 0.5) is 8.78 Å². The minimum Gasteiger partial charge on any atom is -0.297 e. The fourth-order valence-corrected chi connectivity index (χ4v) is 3.23. The van der Waals surface area contributed by atoms with Crippen LogP contribution in [0.2, 0.25) is 0 Å². The molecule has 0 aliphatic heterocycles. The zero-order valence-corrected chi connectivity index (χ0v) is 17.5. The van der Waals surface area contributed by atoms with Gasteiger partial charge in [0.05, 0.1) is 0 Å². The molecule has 0 heterocycles. The Hall–Kier alpha value is -1.74. The summed E-state index contributed by atoms with van der Waals surface area (Å²) in [5.74, 6) is -1.11. The SMILES string of the molecule is CC(CCN(Cc1ccc(F)c(F)c1)C(C)C)c1ccc(C(C)(C)C)cc1. The molecule has 0 fully saturated rings. The minimum absolute atomic E-state index is 0.167. The monoisotopic (exact) mass is 373 g/mol. The fourth-order valence-electron chi connectivity index (χ4n) is 3.23. The van der Waals surface area contributed by atoms with Crippen LogP contribution in [0.5, 0.6) is 0 Å². The molecule has 0 aromatic heterocycles. The normalized spacial score (nSPS) is 13.4. The second kappa shape index (κ2) is 8.97. The highest BCUT2D eigenvalue weighted by Crippen LogP contribution is 2.26. The second-order valence-corrected chi connectivity index (χ2v) is 8.87. The van der Waals surface area contributed by atoms with E-state index in [0.717, 1.165) is 18.5 Å². The van der Waals surface area contributed by atoms with Crippen LogP contribution in [0, 0.1) is 11.6 Å². The molecule has 0 saturated carbocycles. The summed E-state index contributed by atoms with van der Waals surface area (Å²) in [5, 5.41) is 0. The summed E-state index contributed by atoms with van der Waals surface area (Å²) in [4.78, 5) is 2.31. The van der Waals surface area contributed by atoms with Gasteiger partial charge in [0.1, 0.15) is 0 Å². The fraction of sp³-hybridized carbons (Fsp3) is 0.500. The first-order valence-corrected chi connectivity index (χ1v) is 9.86. The Morgan fingerprint density at radius 3 is 2.04 bits per heavy atom. The molecule has 1 atom stereocenters. The molecule has 0 aliphatic rings. The maximum atomic E-state index is 13.5. The molecular formula is C24H33F2N. The van der Waals surface area contributed by atoms with Gasteiger partial charge < -0.3 is 0 Å². The number of halogens is 2. The maximum absolute atomic E-state index is 13.5. The predicted molar refractivity (Wildman–Crippen MR) is 110 cm³/mol. The van der Waals surface area contributed by atoms with E-state index in [1.165, 1.54) is 23.3 Å². The van der Waals surface area contributed by atoms with E-state index in [4.69, 9.17) is 0 Å². The van der Waals surface area contributed by atoms with Crippen LogP contribution in [-0.4, -0.2) is 17.5 Å². The molecule has 2 aromatic rings. The van der Waals surface area contributed by atoms with Crippen molar-refractivity contribution in [2.75, 3.05) is 6.54 Å². The summed E-state index contributed by atoms with van der Waals surface area (Å²) in [5.41, 5.74) is 3.67. The lowest BCUT2D eigenvalue weighted by Gasteiger charge is -2.28. The zero-order chi connectivity index (χ0) is 20.2. The second-order valence-electron chi connectivity index (χ2n) is 8.87. The van der Waals surface area contributed by atoms with Gasteiger partial charge in [-0.1, -0.05) is 58.0 Å². The highest BCUT2D eigenvalue weighted by atomic mass is 19.2. The minimum atomic E-state index is -0.790. The van der Waals surface area contributed by atoms with Crippen LogP contribution in [0.1, 0.15) is 70.6 Å². The van der Waals surface area contributed by atoms with E-state index in [2.05, 4.69) is 70.7 Å². The Morgan fingerprint density at radius 2 is 1.52 bits per heavy atom. The van der Waals surface area contributed by atoms with Crippen molar-refractivity contribution in [3.05, 3.63) is 70.8 Å². The quantitative estimate of drug-likeness (QED) is 0.524. The zero-order valence-electron chi connectivity index (χ0n) is 17.5. The van der Waals surface area contributed by atoms with Crippen molar-refractivity contribution < 1.29 is 8.78 Å². The Bertz CT molecular complexity index is 729. The highest BCUT2D eigenvalue weighted by molar-refractivity contribution is 5.29. The lowest BCUT2D eigenvalue weighted by molar-refractivity contribution is 0.205. The number of rotatable bonds is 7. The molecule has 3 heteroatoms. The van der Waals surface area contributed by atoms with Gasteiger partial charge in [-0.25, -0.2) is 8.78 Å². The van der Waals surface area contributed by atoms with Crippen molar-refractivity contribution in [1.29, 1.82) is 0 Å². The lowest BCUT2D eigenvalue weighted by Crippen LogP contribution is -2.32. The van der Waals surface area contributed by atoms with E-state index < -0.39 is 11.6 Å². The van der Waals surface area contributed by atoms with Gasteiger partial charge in [-0.2, -0.15) is 0 Å². The Balaban J connectivity index is 1.99. The van der Waals surface area contributed by atoms with Gasteiger partial charge in [0.15, 0.2) is 11.6 Å². The molecule has 148 valence electrons. The smallest absolute Gasteiger partial charge is 0.159 e. The van der Waals surface area contributed by atoms with Crippen LogP contribution >= 0.6 is 0 Å². The van der Waals surface area contributed by atoms with Gasteiger partial charge in [0, 0.05) is 12.6 Å². The van der Waals surface area contributed by atoms with Crippen molar-refractivity contribution in [2.24, 2.45) is 0 Å². The molecule has 0 amide bonds. The third kappa shape index (κ3) is 6.14. The summed E-state index contributed by atoms with van der Waals surface area (Å²) < 4.78 is 26.6. The summed E-state index contributed by atoms with van der Waals surface area (Å²) >= 11 is 0. The van der Waals surface area contributed by atoms with E-state index in [-0.39, 0.29) is 5.41 Å². The Morgan fingerprint density at radius 1 is 0.889 bits per heavy atom. The first-order chi connectivity index (χ1) is 12.6. The number of hydrogen-bond acceptors (Lipinski definition) is 1.